The van der Waals surface area contributed by atoms with E-state index >= 15 is 0 Å². The van der Waals surface area contributed by atoms with Crippen molar-refractivity contribution in [3.8, 4) is 11.3 Å². The summed E-state index contributed by atoms with van der Waals surface area (Å²) in [7, 11) is 0. The zero-order chi connectivity index (χ0) is 22.1. The topological polar surface area (TPSA) is 138 Å². The lowest BCUT2D eigenvalue weighted by atomic mass is 10.1. The van der Waals surface area contributed by atoms with Crippen LogP contribution in [-0.4, -0.2) is 54.8 Å². The Labute approximate surface area is 184 Å². The zero-order valence-electron chi connectivity index (χ0n) is 17.7. The highest BCUT2D eigenvalue weighted by Gasteiger charge is 2.23. The Morgan fingerprint density at radius 1 is 1.26 bits per heavy atom. The van der Waals surface area contributed by atoms with Crippen molar-refractivity contribution >= 4 is 33.9 Å². The minimum atomic E-state index is -0.720. The van der Waals surface area contributed by atoms with Gasteiger partial charge in [0.15, 0.2) is 5.82 Å². The highest BCUT2D eigenvalue weighted by Crippen LogP contribution is 2.34. The zero-order valence-corrected chi connectivity index (χ0v) is 18.5. The number of fused-ring (bicyclic) bond motifs is 1. The Kier molecular flexibility index (Phi) is 5.94. The third-order valence-corrected chi connectivity index (χ3v) is 6.81. The number of hydrogen-bond donors (Lipinski definition) is 3. The third kappa shape index (κ3) is 4.01. The fourth-order valence-corrected chi connectivity index (χ4v) is 4.87. The lowest BCUT2D eigenvalue weighted by Crippen LogP contribution is -2.40. The smallest absolute Gasteiger partial charge is 0.152 e. The van der Waals surface area contributed by atoms with Gasteiger partial charge in [0.25, 0.3) is 0 Å². The van der Waals surface area contributed by atoms with E-state index in [1.165, 1.54) is 12.5 Å². The molecule has 0 amide bonds. The van der Waals surface area contributed by atoms with Gasteiger partial charge in [-0.3, -0.25) is 0 Å². The summed E-state index contributed by atoms with van der Waals surface area (Å²) in [4.78, 5) is 6.44. The molecular formula is C21H28N8OS. The van der Waals surface area contributed by atoms with Gasteiger partial charge in [0, 0.05) is 29.1 Å². The van der Waals surface area contributed by atoms with Gasteiger partial charge in [-0.15, -0.1) is 0 Å². The molecule has 3 heterocycles. The number of nitrogens with two attached hydrogens (primary N) is 3. The van der Waals surface area contributed by atoms with Gasteiger partial charge >= 0.3 is 0 Å². The molecule has 1 aliphatic heterocycles. The van der Waals surface area contributed by atoms with Crippen LogP contribution in [0.2, 0.25) is 0 Å². The fourth-order valence-electron chi connectivity index (χ4n) is 3.82. The van der Waals surface area contributed by atoms with E-state index in [9.17, 15) is 4.55 Å². The number of aromatic nitrogens is 3. The molecule has 1 saturated heterocycles. The Morgan fingerprint density at radius 3 is 2.68 bits per heavy atom. The molecule has 0 saturated carbocycles. The molecule has 9 nitrogen and oxygen atoms in total. The molecule has 1 aliphatic rings. The molecule has 164 valence electrons. The second kappa shape index (κ2) is 8.66. The minimum Gasteiger partial charge on any atom is -0.616 e. The molecule has 1 aromatic carbocycles. The van der Waals surface area contributed by atoms with Gasteiger partial charge in [-0.1, -0.05) is 23.3 Å². The van der Waals surface area contributed by atoms with Crippen molar-refractivity contribution in [2.75, 3.05) is 35.2 Å². The maximum atomic E-state index is 11.7. The predicted octanol–water partition coefficient (Wildman–Crippen LogP) is 1.39. The maximum absolute atomic E-state index is 11.7. The standard InChI is InChI=1S/C21H28N8OS/c1-14(2)28(24)19(12-22)17-11-18(29-20(17)21(23)25-13-26-29)15-4-3-5-16(10-15)27-6-8-31(30)9-7-27/h3-5,10-14H,6-9,22,24H2,1-2H3,(H2,23,25,26)/b19-12-. The van der Waals surface area contributed by atoms with Crippen molar-refractivity contribution < 1.29 is 4.55 Å². The molecule has 0 unspecified atom stereocenters. The molecule has 10 heteroatoms. The molecule has 3 aromatic rings. The second-order valence-corrected chi connectivity index (χ2v) is 9.48. The number of hydrogen-bond acceptors (Lipinski definition) is 8. The van der Waals surface area contributed by atoms with Crippen LogP contribution in [0.4, 0.5) is 11.5 Å². The summed E-state index contributed by atoms with van der Waals surface area (Å²) in [5.41, 5.74) is 17.2. The van der Waals surface area contributed by atoms with Gasteiger partial charge in [-0.05, 0) is 32.0 Å². The van der Waals surface area contributed by atoms with E-state index in [1.807, 2.05) is 32.0 Å². The number of anilines is 2. The first-order valence-corrected chi connectivity index (χ1v) is 11.7. The van der Waals surface area contributed by atoms with E-state index in [4.69, 9.17) is 17.3 Å². The van der Waals surface area contributed by atoms with E-state index in [0.29, 0.717) is 28.5 Å². The second-order valence-electron chi connectivity index (χ2n) is 7.79. The summed E-state index contributed by atoms with van der Waals surface area (Å²) in [6.07, 6.45) is 2.92. The molecule has 4 rings (SSSR count). The number of nitrogens with zero attached hydrogens (tertiary/aromatic N) is 5. The molecule has 0 aliphatic carbocycles. The average molecular weight is 441 g/mol. The van der Waals surface area contributed by atoms with Gasteiger partial charge in [0.2, 0.25) is 0 Å². The Hall–Kier alpha value is -2.95. The van der Waals surface area contributed by atoms with Crippen molar-refractivity contribution in [3.63, 3.8) is 0 Å². The first kappa shape index (κ1) is 21.3. The first-order valence-electron chi connectivity index (χ1n) is 10.2. The largest absolute Gasteiger partial charge is 0.616 e. The summed E-state index contributed by atoms with van der Waals surface area (Å²) in [6, 6.07) is 10.3. The van der Waals surface area contributed by atoms with Crippen molar-refractivity contribution in [2.24, 2.45) is 11.6 Å². The Morgan fingerprint density at radius 2 is 2.00 bits per heavy atom. The lowest BCUT2D eigenvalue weighted by Gasteiger charge is -2.30. The fraction of sp³-hybridized carbons (Fsp3) is 0.333. The van der Waals surface area contributed by atoms with Crippen molar-refractivity contribution in [3.05, 3.63) is 48.4 Å². The normalized spacial score (nSPS) is 15.8. The molecule has 0 bridgehead atoms. The van der Waals surface area contributed by atoms with Crippen molar-refractivity contribution in [1.82, 2.24) is 19.6 Å². The van der Waals surface area contributed by atoms with Crippen molar-refractivity contribution in [2.45, 2.75) is 19.9 Å². The van der Waals surface area contributed by atoms with Gasteiger partial charge in [0.05, 0.1) is 24.5 Å². The third-order valence-electron chi connectivity index (χ3n) is 5.54. The van der Waals surface area contributed by atoms with Crippen molar-refractivity contribution in [1.29, 1.82) is 0 Å². The summed E-state index contributed by atoms with van der Waals surface area (Å²) < 4.78 is 13.5. The average Bonchev–Trinajstić information content (AvgIpc) is 3.15. The number of hydrazine groups is 1. The van der Waals surface area contributed by atoms with E-state index in [1.54, 1.807) is 9.52 Å². The number of nitrogen functional groups attached to an aromatic ring is 1. The summed E-state index contributed by atoms with van der Waals surface area (Å²) >= 11 is -0.720. The predicted molar refractivity (Wildman–Crippen MR) is 126 cm³/mol. The molecule has 6 N–H and O–H groups in total. The Bertz CT molecular complexity index is 1100. The number of benzene rings is 1. The van der Waals surface area contributed by atoms with Crippen LogP contribution in [0, 0.1) is 0 Å². The molecule has 31 heavy (non-hydrogen) atoms. The van der Waals surface area contributed by atoms with Crippen LogP contribution in [0.3, 0.4) is 0 Å². The Balaban J connectivity index is 1.83. The monoisotopic (exact) mass is 440 g/mol. The van der Waals surface area contributed by atoms with E-state index < -0.39 is 11.2 Å². The highest BCUT2D eigenvalue weighted by molar-refractivity contribution is 7.91. The maximum Gasteiger partial charge on any atom is 0.152 e. The SMILES string of the molecule is CC(C)N(N)/C(=C\N)c1cc(-c2cccc(N3CC[S+]([O-])CC3)c2)n2ncnc(N)c12. The minimum absolute atomic E-state index is 0.0343. The summed E-state index contributed by atoms with van der Waals surface area (Å²) in [6.45, 7) is 5.53. The van der Waals surface area contributed by atoms with Crippen LogP contribution in [0.25, 0.3) is 22.5 Å². The van der Waals surface area contributed by atoms with Crippen LogP contribution >= 0.6 is 0 Å². The quantitative estimate of drug-likeness (QED) is 0.307. The molecule has 0 spiro atoms. The molecular weight excluding hydrogens is 412 g/mol. The van der Waals surface area contributed by atoms with Gasteiger partial charge < -0.3 is 25.9 Å². The highest BCUT2D eigenvalue weighted by atomic mass is 32.2. The van der Waals surface area contributed by atoms with Crippen LogP contribution in [0.5, 0.6) is 0 Å². The summed E-state index contributed by atoms with van der Waals surface area (Å²) in [5, 5.41) is 6.06. The van der Waals surface area contributed by atoms with Crippen LogP contribution in [0.15, 0.2) is 42.9 Å². The molecule has 2 aromatic heterocycles. The van der Waals surface area contributed by atoms with E-state index in [-0.39, 0.29) is 6.04 Å². The lowest BCUT2D eigenvalue weighted by molar-refractivity contribution is 0.343. The van der Waals surface area contributed by atoms with Crippen LogP contribution in [0.1, 0.15) is 19.4 Å². The van der Waals surface area contributed by atoms with E-state index in [2.05, 4.69) is 27.1 Å². The molecule has 0 radical (unpaired) electrons. The van der Waals surface area contributed by atoms with E-state index in [0.717, 1.165) is 35.6 Å². The molecule has 0 atom stereocenters. The van der Waals surface area contributed by atoms with Gasteiger partial charge in [0.1, 0.15) is 23.3 Å². The molecule has 1 fully saturated rings. The van der Waals surface area contributed by atoms with Crippen LogP contribution < -0.4 is 22.2 Å². The summed E-state index contributed by atoms with van der Waals surface area (Å²) in [5.74, 6) is 8.02. The van der Waals surface area contributed by atoms with Crippen LogP contribution in [-0.2, 0) is 11.2 Å². The van der Waals surface area contributed by atoms with Gasteiger partial charge in [-0.2, -0.15) is 5.10 Å². The van der Waals surface area contributed by atoms with Gasteiger partial charge in [-0.25, -0.2) is 15.3 Å². The first-order chi connectivity index (χ1) is 14.9. The number of rotatable bonds is 5.